The van der Waals surface area contributed by atoms with Crippen molar-refractivity contribution in [3.8, 4) is 11.4 Å². The fraction of sp³-hybridized carbons (Fsp3) is 0.300. The number of benzene rings is 2. The summed E-state index contributed by atoms with van der Waals surface area (Å²) in [5.74, 6) is 3.05. The van der Waals surface area contributed by atoms with Crippen LogP contribution in [0.25, 0.3) is 22.3 Å². The minimum Gasteiger partial charge on any atom is -0.369 e. The molecule has 1 N–H and O–H groups in total. The van der Waals surface area contributed by atoms with Crippen LogP contribution in [0, 0.1) is 0 Å². The van der Waals surface area contributed by atoms with Gasteiger partial charge in [0.05, 0.1) is 5.52 Å². The Morgan fingerprint density at radius 3 is 2.67 bits per heavy atom. The summed E-state index contributed by atoms with van der Waals surface area (Å²) in [6.45, 7) is 0.965. The molecule has 1 atom stereocenters. The van der Waals surface area contributed by atoms with E-state index in [2.05, 4.69) is 41.3 Å². The minimum atomic E-state index is 0.784. The fourth-order valence-corrected chi connectivity index (χ4v) is 4.44. The highest BCUT2D eigenvalue weighted by molar-refractivity contribution is 8.00. The van der Waals surface area contributed by atoms with Crippen LogP contribution in [0.2, 0.25) is 0 Å². The second-order valence-electron chi connectivity index (χ2n) is 6.13. The first-order valence-corrected chi connectivity index (χ1v) is 9.63. The number of hydrogen-bond donors (Lipinski definition) is 1. The van der Waals surface area contributed by atoms with Gasteiger partial charge in [0.2, 0.25) is 0 Å². The van der Waals surface area contributed by atoms with Gasteiger partial charge < -0.3 is 5.32 Å². The number of fused-ring (bicyclic) bond motifs is 1. The van der Waals surface area contributed by atoms with Gasteiger partial charge in [0.1, 0.15) is 5.82 Å². The molecule has 1 fully saturated rings. The number of thioether (sulfide) groups is 1. The van der Waals surface area contributed by atoms with Crippen LogP contribution in [0.4, 0.5) is 5.82 Å². The zero-order valence-corrected chi connectivity index (χ0v) is 14.4. The first kappa shape index (κ1) is 15.5. The van der Waals surface area contributed by atoms with Crippen molar-refractivity contribution in [2.75, 3.05) is 17.6 Å². The Hall–Kier alpha value is -2.07. The van der Waals surface area contributed by atoms with Gasteiger partial charge in [-0.1, -0.05) is 42.5 Å². The van der Waals surface area contributed by atoms with E-state index in [0.717, 1.165) is 39.9 Å². The normalized spacial score (nSPS) is 17.2. The third-order valence-corrected chi connectivity index (χ3v) is 5.89. The molecule has 4 rings (SSSR count). The summed E-state index contributed by atoms with van der Waals surface area (Å²) in [6, 6.07) is 18.4. The monoisotopic (exact) mass is 335 g/mol. The summed E-state index contributed by atoms with van der Waals surface area (Å²) >= 11 is 2.11. The van der Waals surface area contributed by atoms with Gasteiger partial charge in [-0.25, -0.2) is 9.97 Å². The van der Waals surface area contributed by atoms with Gasteiger partial charge in [-0.05, 0) is 37.1 Å². The Kier molecular flexibility index (Phi) is 4.65. The molecule has 2 heterocycles. The molecule has 24 heavy (non-hydrogen) atoms. The molecule has 1 aromatic heterocycles. The van der Waals surface area contributed by atoms with Crippen LogP contribution < -0.4 is 5.32 Å². The number of nitrogens with zero attached hydrogens (tertiary/aromatic N) is 2. The highest BCUT2D eigenvalue weighted by atomic mass is 32.2. The zero-order valence-electron chi connectivity index (χ0n) is 13.6. The summed E-state index contributed by atoms with van der Waals surface area (Å²) in [6.07, 6.45) is 3.92. The molecule has 1 aliphatic heterocycles. The lowest BCUT2D eigenvalue weighted by Crippen LogP contribution is -2.10. The smallest absolute Gasteiger partial charge is 0.162 e. The molecule has 3 aromatic rings. The molecule has 2 aromatic carbocycles. The maximum Gasteiger partial charge on any atom is 0.162 e. The van der Waals surface area contributed by atoms with Gasteiger partial charge >= 0.3 is 0 Å². The quantitative estimate of drug-likeness (QED) is 0.712. The lowest BCUT2D eigenvalue weighted by Gasteiger charge is -2.13. The van der Waals surface area contributed by atoms with E-state index in [0.29, 0.717) is 0 Å². The van der Waals surface area contributed by atoms with Crippen LogP contribution >= 0.6 is 11.8 Å². The Bertz CT molecular complexity index is 813. The average Bonchev–Trinajstić information content (AvgIpc) is 3.16. The Balaban J connectivity index is 1.62. The Morgan fingerprint density at radius 1 is 1.00 bits per heavy atom. The van der Waals surface area contributed by atoms with E-state index in [1.54, 1.807) is 0 Å². The standard InChI is InChI=1S/C20H21N3S/c1-2-7-15(8-3-1)19-22-18-11-5-4-10-17(18)20(23-19)21-13-12-16-9-6-14-24-16/h1-5,7-8,10-11,16H,6,9,12-14H2,(H,21,22,23). The lowest BCUT2D eigenvalue weighted by molar-refractivity contribution is 0.737. The third kappa shape index (κ3) is 3.39. The van der Waals surface area contributed by atoms with Crippen molar-refractivity contribution < 1.29 is 0 Å². The highest BCUT2D eigenvalue weighted by Gasteiger charge is 2.15. The average molecular weight is 335 g/mol. The summed E-state index contributed by atoms with van der Waals surface area (Å²) in [5.41, 5.74) is 2.04. The van der Waals surface area contributed by atoms with E-state index in [-0.39, 0.29) is 0 Å². The van der Waals surface area contributed by atoms with Gasteiger partial charge in [0.15, 0.2) is 5.82 Å². The molecule has 1 aliphatic rings. The van der Waals surface area contributed by atoms with E-state index in [9.17, 15) is 0 Å². The fourth-order valence-electron chi connectivity index (χ4n) is 3.15. The second-order valence-corrected chi connectivity index (χ2v) is 7.54. The molecule has 3 nitrogen and oxygen atoms in total. The van der Waals surface area contributed by atoms with Crippen LogP contribution in [0.5, 0.6) is 0 Å². The molecule has 0 saturated carbocycles. The molecule has 0 aliphatic carbocycles. The van der Waals surface area contributed by atoms with Crippen molar-refractivity contribution in [2.45, 2.75) is 24.5 Å². The van der Waals surface area contributed by atoms with Gasteiger partial charge in [-0.2, -0.15) is 11.8 Å². The molecule has 4 heteroatoms. The van der Waals surface area contributed by atoms with Crippen molar-refractivity contribution in [1.82, 2.24) is 9.97 Å². The van der Waals surface area contributed by atoms with Crippen molar-refractivity contribution in [2.24, 2.45) is 0 Å². The lowest BCUT2D eigenvalue weighted by atomic mass is 10.1. The van der Waals surface area contributed by atoms with E-state index in [4.69, 9.17) is 9.97 Å². The predicted octanol–water partition coefficient (Wildman–Crippen LogP) is 4.99. The first-order valence-electron chi connectivity index (χ1n) is 8.58. The summed E-state index contributed by atoms with van der Waals surface area (Å²) in [5, 5.41) is 5.46. The first-order chi connectivity index (χ1) is 11.9. The molecule has 1 saturated heterocycles. The summed E-state index contributed by atoms with van der Waals surface area (Å²) in [4.78, 5) is 9.54. The molecule has 122 valence electrons. The van der Waals surface area contributed by atoms with Crippen LogP contribution in [0.15, 0.2) is 54.6 Å². The molecule has 0 radical (unpaired) electrons. The molecular weight excluding hydrogens is 314 g/mol. The van der Waals surface area contributed by atoms with Crippen molar-refractivity contribution in [3.05, 3.63) is 54.6 Å². The van der Waals surface area contributed by atoms with Gasteiger partial charge in [0, 0.05) is 22.7 Å². The van der Waals surface area contributed by atoms with Crippen molar-refractivity contribution >= 4 is 28.5 Å². The molecule has 0 bridgehead atoms. The Morgan fingerprint density at radius 2 is 1.83 bits per heavy atom. The van der Waals surface area contributed by atoms with Crippen LogP contribution in [-0.4, -0.2) is 27.5 Å². The van der Waals surface area contributed by atoms with Gasteiger partial charge in [-0.15, -0.1) is 0 Å². The SMILES string of the molecule is c1ccc(-c2nc(NCCC3CCCS3)c3ccccc3n2)cc1. The van der Waals surface area contributed by atoms with Crippen LogP contribution in [0.1, 0.15) is 19.3 Å². The summed E-state index contributed by atoms with van der Waals surface area (Å²) < 4.78 is 0. The van der Waals surface area contributed by atoms with Gasteiger partial charge in [-0.3, -0.25) is 0 Å². The highest BCUT2D eigenvalue weighted by Crippen LogP contribution is 2.29. The summed E-state index contributed by atoms with van der Waals surface area (Å²) in [7, 11) is 0. The third-order valence-electron chi connectivity index (χ3n) is 4.42. The van der Waals surface area contributed by atoms with E-state index in [1.165, 1.54) is 25.0 Å². The second kappa shape index (κ2) is 7.22. The number of rotatable bonds is 5. The molecule has 0 amide bonds. The number of anilines is 1. The topological polar surface area (TPSA) is 37.8 Å². The Labute approximate surface area is 146 Å². The minimum absolute atomic E-state index is 0.784. The molecule has 1 unspecified atom stereocenters. The van der Waals surface area contributed by atoms with E-state index in [1.807, 2.05) is 30.3 Å². The number of para-hydroxylation sites is 1. The van der Waals surface area contributed by atoms with Gasteiger partial charge in [0.25, 0.3) is 0 Å². The predicted molar refractivity (Wildman–Crippen MR) is 104 cm³/mol. The maximum atomic E-state index is 4.81. The van der Waals surface area contributed by atoms with Crippen molar-refractivity contribution in [3.63, 3.8) is 0 Å². The van der Waals surface area contributed by atoms with Crippen molar-refractivity contribution in [1.29, 1.82) is 0 Å². The zero-order chi connectivity index (χ0) is 16.2. The maximum absolute atomic E-state index is 4.81. The molecule has 0 spiro atoms. The van der Waals surface area contributed by atoms with Crippen LogP contribution in [0.3, 0.4) is 0 Å². The number of hydrogen-bond acceptors (Lipinski definition) is 4. The molecular formula is C20H21N3S. The van der Waals surface area contributed by atoms with E-state index < -0.39 is 0 Å². The number of aromatic nitrogens is 2. The van der Waals surface area contributed by atoms with E-state index >= 15 is 0 Å². The van der Waals surface area contributed by atoms with Crippen LogP contribution in [-0.2, 0) is 0 Å². The largest absolute Gasteiger partial charge is 0.369 e. The number of nitrogens with one attached hydrogen (secondary N) is 1.